The van der Waals surface area contributed by atoms with E-state index in [0.29, 0.717) is 13.0 Å². The van der Waals surface area contributed by atoms with Gasteiger partial charge in [0.1, 0.15) is 6.10 Å². The molecular formula is C16H24N2O3S. The fourth-order valence-electron chi connectivity index (χ4n) is 3.47. The third-order valence-corrected chi connectivity index (χ3v) is 5.65. The molecule has 3 heterocycles. The first-order valence-corrected chi connectivity index (χ1v) is 8.94. The van der Waals surface area contributed by atoms with Crippen LogP contribution < -0.4 is 5.73 Å². The zero-order chi connectivity index (χ0) is 15.5. The van der Waals surface area contributed by atoms with Crippen molar-refractivity contribution in [2.24, 2.45) is 5.73 Å². The lowest BCUT2D eigenvalue weighted by Crippen LogP contribution is -2.43. The highest BCUT2D eigenvalue weighted by atomic mass is 32.1. The second kappa shape index (κ2) is 7.08. The molecular weight excluding hydrogens is 300 g/mol. The van der Waals surface area contributed by atoms with E-state index in [9.17, 15) is 9.90 Å². The number of carbonyl (C=O) groups is 1. The lowest BCUT2D eigenvalue weighted by Gasteiger charge is -2.28. The number of amides is 1. The molecule has 3 N–H and O–H groups in total. The lowest BCUT2D eigenvalue weighted by molar-refractivity contribution is -0.144. The Bertz CT molecular complexity index is 494. The molecule has 0 spiro atoms. The summed E-state index contributed by atoms with van der Waals surface area (Å²) in [5, 5.41) is 12.3. The van der Waals surface area contributed by atoms with Crippen LogP contribution >= 0.6 is 11.3 Å². The predicted octanol–water partition coefficient (Wildman–Crippen LogP) is 1.67. The smallest absolute Gasteiger partial charge is 0.251 e. The van der Waals surface area contributed by atoms with Crippen LogP contribution in [0.3, 0.4) is 0 Å². The molecule has 6 heteroatoms. The number of hydrogen-bond donors (Lipinski definition) is 2. The Balaban J connectivity index is 1.59. The summed E-state index contributed by atoms with van der Waals surface area (Å²) in [4.78, 5) is 15.6. The van der Waals surface area contributed by atoms with Crippen molar-refractivity contribution in [2.45, 2.75) is 56.5 Å². The molecule has 1 aromatic heterocycles. The summed E-state index contributed by atoms with van der Waals surface area (Å²) in [6, 6.07) is 4.01. The Morgan fingerprint density at radius 1 is 1.50 bits per heavy atom. The number of aliphatic hydroxyl groups excluding tert-OH is 1. The topological polar surface area (TPSA) is 75.8 Å². The van der Waals surface area contributed by atoms with Crippen molar-refractivity contribution in [3.05, 3.63) is 22.4 Å². The fourth-order valence-corrected chi connectivity index (χ4v) is 4.20. The molecule has 5 nitrogen and oxygen atoms in total. The van der Waals surface area contributed by atoms with Crippen molar-refractivity contribution in [3.8, 4) is 0 Å². The van der Waals surface area contributed by atoms with Gasteiger partial charge in [0.2, 0.25) is 0 Å². The van der Waals surface area contributed by atoms with E-state index in [2.05, 4.69) is 0 Å². The molecule has 0 bridgehead atoms. The molecule has 2 aliphatic heterocycles. The van der Waals surface area contributed by atoms with Gasteiger partial charge < -0.3 is 20.5 Å². The van der Waals surface area contributed by atoms with Crippen LogP contribution in [0.2, 0.25) is 0 Å². The van der Waals surface area contributed by atoms with E-state index in [4.69, 9.17) is 10.5 Å². The largest absolute Gasteiger partial charge is 0.387 e. The first-order valence-electron chi connectivity index (χ1n) is 8.06. The van der Waals surface area contributed by atoms with E-state index < -0.39 is 6.10 Å². The van der Waals surface area contributed by atoms with Crippen LogP contribution in [-0.4, -0.2) is 47.3 Å². The second-order valence-corrected chi connectivity index (χ2v) is 7.13. The van der Waals surface area contributed by atoms with Gasteiger partial charge in [0.05, 0.1) is 12.2 Å². The molecule has 3 rings (SSSR count). The van der Waals surface area contributed by atoms with Crippen molar-refractivity contribution in [1.82, 2.24) is 4.90 Å². The number of thiophene rings is 1. The highest BCUT2D eigenvalue weighted by molar-refractivity contribution is 7.10. The van der Waals surface area contributed by atoms with Crippen molar-refractivity contribution < 1.29 is 14.6 Å². The number of rotatable bonds is 5. The zero-order valence-corrected chi connectivity index (χ0v) is 13.5. The number of carbonyl (C=O) groups excluding carboxylic acids is 1. The van der Waals surface area contributed by atoms with E-state index in [1.165, 1.54) is 0 Å². The summed E-state index contributed by atoms with van der Waals surface area (Å²) >= 11 is 1.56. The van der Waals surface area contributed by atoms with Crippen LogP contribution in [0.1, 0.15) is 43.1 Å². The van der Waals surface area contributed by atoms with Gasteiger partial charge in [0, 0.05) is 24.0 Å². The summed E-state index contributed by atoms with van der Waals surface area (Å²) in [5.74, 6) is 0.0804. The Morgan fingerprint density at radius 3 is 3.05 bits per heavy atom. The summed E-state index contributed by atoms with van der Waals surface area (Å²) in [6.07, 6.45) is 3.39. The Hall–Kier alpha value is -0.950. The standard InChI is InChI=1S/C16H24N2O3S/c17-10-12-5-6-14(21-12)16(20)18-7-1-3-11(18)9-13(19)15-4-2-8-22-15/h2,4,8,11-14,19H,1,3,5-7,9-10,17H2/t11?,12-,13?,14+/m1/s1. The number of ether oxygens (including phenoxy) is 1. The van der Waals surface area contributed by atoms with Gasteiger partial charge in [-0.15, -0.1) is 11.3 Å². The number of hydrogen-bond acceptors (Lipinski definition) is 5. The van der Waals surface area contributed by atoms with Gasteiger partial charge in [-0.25, -0.2) is 0 Å². The molecule has 0 aliphatic carbocycles. The molecule has 0 saturated carbocycles. The van der Waals surface area contributed by atoms with Crippen LogP contribution in [0.25, 0.3) is 0 Å². The Kier molecular flexibility index (Phi) is 5.13. The van der Waals surface area contributed by atoms with E-state index in [1.54, 1.807) is 11.3 Å². The molecule has 1 amide bonds. The number of nitrogens with zero attached hydrogens (tertiary/aromatic N) is 1. The summed E-state index contributed by atoms with van der Waals surface area (Å²) < 4.78 is 5.73. The molecule has 2 unspecified atom stereocenters. The number of nitrogens with two attached hydrogens (primary N) is 1. The summed E-state index contributed by atoms with van der Waals surface area (Å²) in [7, 11) is 0. The summed E-state index contributed by atoms with van der Waals surface area (Å²) in [5.41, 5.74) is 5.62. The Morgan fingerprint density at radius 2 is 2.36 bits per heavy atom. The van der Waals surface area contributed by atoms with E-state index in [-0.39, 0.29) is 24.2 Å². The lowest BCUT2D eigenvalue weighted by atomic mass is 10.0. The molecule has 1 aromatic rings. The van der Waals surface area contributed by atoms with Crippen molar-refractivity contribution >= 4 is 17.2 Å². The van der Waals surface area contributed by atoms with Crippen LogP contribution in [-0.2, 0) is 9.53 Å². The van der Waals surface area contributed by atoms with Crippen LogP contribution in [0.4, 0.5) is 0 Å². The maximum atomic E-state index is 12.7. The first-order chi connectivity index (χ1) is 10.7. The van der Waals surface area contributed by atoms with E-state index in [0.717, 1.165) is 37.1 Å². The number of aliphatic hydroxyl groups is 1. The maximum Gasteiger partial charge on any atom is 0.251 e. The van der Waals surface area contributed by atoms with E-state index >= 15 is 0 Å². The third-order valence-electron chi connectivity index (χ3n) is 4.67. The molecule has 22 heavy (non-hydrogen) atoms. The first kappa shape index (κ1) is 15.9. The monoisotopic (exact) mass is 324 g/mol. The molecule has 2 fully saturated rings. The van der Waals surface area contributed by atoms with Gasteiger partial charge in [-0.1, -0.05) is 6.07 Å². The summed E-state index contributed by atoms with van der Waals surface area (Å²) in [6.45, 7) is 1.25. The number of likely N-dealkylation sites (tertiary alicyclic amines) is 1. The predicted molar refractivity (Wildman–Crippen MR) is 85.6 cm³/mol. The van der Waals surface area contributed by atoms with Gasteiger partial charge in [-0.3, -0.25) is 4.79 Å². The minimum Gasteiger partial charge on any atom is -0.387 e. The molecule has 122 valence electrons. The molecule has 4 atom stereocenters. The van der Waals surface area contributed by atoms with Crippen molar-refractivity contribution in [3.63, 3.8) is 0 Å². The van der Waals surface area contributed by atoms with Gasteiger partial charge >= 0.3 is 0 Å². The van der Waals surface area contributed by atoms with Gasteiger partial charge in [0.15, 0.2) is 0 Å². The minimum absolute atomic E-state index is 0.0201. The maximum absolute atomic E-state index is 12.7. The van der Waals surface area contributed by atoms with Crippen LogP contribution in [0, 0.1) is 0 Å². The highest BCUT2D eigenvalue weighted by Gasteiger charge is 2.38. The van der Waals surface area contributed by atoms with Crippen molar-refractivity contribution in [2.75, 3.05) is 13.1 Å². The molecule has 2 aliphatic rings. The minimum atomic E-state index is -0.486. The van der Waals surface area contributed by atoms with Crippen LogP contribution in [0.15, 0.2) is 17.5 Å². The third kappa shape index (κ3) is 3.35. The SMILES string of the molecule is NC[C@H]1CC[C@@H](C(=O)N2CCCC2CC(O)c2cccs2)O1. The molecule has 2 saturated heterocycles. The van der Waals surface area contributed by atoms with E-state index in [1.807, 2.05) is 22.4 Å². The van der Waals surface area contributed by atoms with Crippen molar-refractivity contribution in [1.29, 1.82) is 0 Å². The Labute approximate surface area is 135 Å². The van der Waals surface area contributed by atoms with Crippen LogP contribution in [0.5, 0.6) is 0 Å². The highest BCUT2D eigenvalue weighted by Crippen LogP contribution is 2.31. The quantitative estimate of drug-likeness (QED) is 0.864. The molecule has 0 aromatic carbocycles. The average molecular weight is 324 g/mol. The molecule has 0 radical (unpaired) electrons. The zero-order valence-electron chi connectivity index (χ0n) is 12.7. The van der Waals surface area contributed by atoms with Gasteiger partial charge in [-0.05, 0) is 43.6 Å². The second-order valence-electron chi connectivity index (χ2n) is 6.15. The van der Waals surface area contributed by atoms with Gasteiger partial charge in [-0.2, -0.15) is 0 Å². The average Bonchev–Trinajstić information content (AvgIpc) is 3.26. The van der Waals surface area contributed by atoms with Gasteiger partial charge in [0.25, 0.3) is 5.91 Å². The normalized spacial score (nSPS) is 29.9. The fraction of sp³-hybridized carbons (Fsp3) is 0.688.